The Kier molecular flexibility index (Phi) is 23.5. The second-order valence-corrected chi connectivity index (χ2v) is 19.0. The van der Waals surface area contributed by atoms with Gasteiger partial charge in [0.15, 0.2) is 11.6 Å². The molecule has 0 aliphatic rings. The van der Waals surface area contributed by atoms with Crippen LogP contribution < -0.4 is 18.9 Å². The molecule has 0 atom stereocenters. The summed E-state index contributed by atoms with van der Waals surface area (Å²) in [5.41, 5.74) is 4.87. The Balaban J connectivity index is 0.901. The lowest BCUT2D eigenvalue weighted by Gasteiger charge is -2.10. The molecule has 0 bridgehead atoms. The number of carbonyl (C=O) groups is 4. The van der Waals surface area contributed by atoms with Gasteiger partial charge in [-0.25, -0.2) is 23.6 Å². The third-order valence-corrected chi connectivity index (χ3v) is 13.2. The first-order valence-corrected chi connectivity index (χ1v) is 26.9. The zero-order valence-corrected chi connectivity index (χ0v) is 43.0. The van der Waals surface area contributed by atoms with E-state index in [2.05, 4.69) is 13.8 Å². The minimum absolute atomic E-state index is 0.137. The lowest BCUT2D eigenvalue weighted by molar-refractivity contribution is 0.0717. The van der Waals surface area contributed by atoms with Crippen molar-refractivity contribution in [2.45, 2.75) is 155 Å². The van der Waals surface area contributed by atoms with Crippen LogP contribution in [0.2, 0.25) is 0 Å². The first-order chi connectivity index (χ1) is 35.7. The highest BCUT2D eigenvalue weighted by molar-refractivity contribution is 5.94. The van der Waals surface area contributed by atoms with Gasteiger partial charge < -0.3 is 18.9 Å². The Bertz CT molecular complexity index is 2600. The molecule has 9 heteroatoms. The van der Waals surface area contributed by atoms with Gasteiger partial charge in [0.25, 0.3) is 0 Å². The lowest BCUT2D eigenvalue weighted by Crippen LogP contribution is -2.11. The maximum absolute atomic E-state index is 14.9. The summed E-state index contributed by atoms with van der Waals surface area (Å²) in [6.45, 7) is 4.49. The van der Waals surface area contributed by atoms with E-state index in [4.69, 9.17) is 18.9 Å². The van der Waals surface area contributed by atoms with E-state index in [0.29, 0.717) is 28.0 Å². The van der Waals surface area contributed by atoms with Gasteiger partial charge in [-0.3, -0.25) is 0 Å². The predicted molar refractivity (Wildman–Crippen MR) is 289 cm³/mol. The van der Waals surface area contributed by atoms with Crippen LogP contribution in [0, 0.1) is 5.82 Å². The van der Waals surface area contributed by atoms with E-state index in [1.165, 1.54) is 175 Å². The van der Waals surface area contributed by atoms with Gasteiger partial charge in [0.2, 0.25) is 0 Å². The predicted octanol–water partition coefficient (Wildman–Crippen LogP) is 17.3. The lowest BCUT2D eigenvalue weighted by atomic mass is 10.0. The third kappa shape index (κ3) is 19.2. The standard InChI is InChI=1S/C64H73FO8/c1-3-5-7-9-11-13-15-17-19-21-23-48-25-29-51(30-26-48)61(66)71-57-42-35-53(36-43-57)63(68)70-56-40-33-50(34-41-56)55-39-46-59(65)60(47-55)73-64(69)54-37-44-58(45-38-54)72-62(67)52-31-27-49(28-32-52)24-22-20-18-16-14-12-10-8-6-4-2/h25-47H,3-24H2,1-2H3. The monoisotopic (exact) mass is 989 g/mol. The molecule has 384 valence electrons. The smallest absolute Gasteiger partial charge is 0.343 e. The van der Waals surface area contributed by atoms with Gasteiger partial charge in [-0.1, -0.05) is 172 Å². The summed E-state index contributed by atoms with van der Waals surface area (Å²) >= 11 is 0. The number of hydrogen-bond acceptors (Lipinski definition) is 8. The van der Waals surface area contributed by atoms with Crippen molar-refractivity contribution in [3.8, 4) is 34.1 Å². The van der Waals surface area contributed by atoms with Gasteiger partial charge in [0.05, 0.1) is 22.3 Å². The molecular weight excluding hydrogens is 916 g/mol. The largest absolute Gasteiger partial charge is 0.423 e. The van der Waals surface area contributed by atoms with Crippen LogP contribution in [-0.4, -0.2) is 23.9 Å². The van der Waals surface area contributed by atoms with E-state index in [1.54, 1.807) is 66.7 Å². The van der Waals surface area contributed by atoms with Crippen LogP contribution in [0.25, 0.3) is 11.1 Å². The molecule has 0 unspecified atom stereocenters. The molecule has 0 aliphatic carbocycles. The quantitative estimate of drug-likeness (QED) is 0.0241. The van der Waals surface area contributed by atoms with Crippen molar-refractivity contribution < 1.29 is 42.5 Å². The molecular formula is C64H73FO8. The minimum Gasteiger partial charge on any atom is -0.423 e. The number of benzene rings is 6. The maximum Gasteiger partial charge on any atom is 0.343 e. The van der Waals surface area contributed by atoms with E-state index in [0.717, 1.165) is 25.7 Å². The van der Waals surface area contributed by atoms with Gasteiger partial charge in [-0.05, 0) is 145 Å². The average Bonchev–Trinajstić information content (AvgIpc) is 3.41. The van der Waals surface area contributed by atoms with Gasteiger partial charge >= 0.3 is 23.9 Å². The molecule has 0 saturated carbocycles. The molecule has 0 saturated heterocycles. The molecule has 0 aliphatic heterocycles. The van der Waals surface area contributed by atoms with Crippen molar-refractivity contribution in [1.29, 1.82) is 0 Å². The molecule has 0 fully saturated rings. The van der Waals surface area contributed by atoms with Crippen molar-refractivity contribution in [2.24, 2.45) is 0 Å². The van der Waals surface area contributed by atoms with Crippen molar-refractivity contribution in [3.63, 3.8) is 0 Å². The van der Waals surface area contributed by atoms with Gasteiger partial charge in [-0.2, -0.15) is 0 Å². The number of aryl methyl sites for hydroxylation is 2. The molecule has 0 radical (unpaired) electrons. The molecule has 6 aromatic carbocycles. The molecule has 0 amide bonds. The summed E-state index contributed by atoms with van der Waals surface area (Å²) in [7, 11) is 0. The first-order valence-electron chi connectivity index (χ1n) is 26.9. The topological polar surface area (TPSA) is 105 Å². The highest BCUT2D eigenvalue weighted by Gasteiger charge is 2.17. The average molecular weight is 989 g/mol. The number of rotatable bonds is 31. The van der Waals surface area contributed by atoms with Crippen LogP contribution >= 0.6 is 0 Å². The Hall–Kier alpha value is -6.87. The molecule has 73 heavy (non-hydrogen) atoms. The summed E-state index contributed by atoms with van der Waals surface area (Å²) in [5, 5.41) is 0. The molecule has 0 N–H and O–H groups in total. The van der Waals surface area contributed by atoms with Crippen LogP contribution in [0.1, 0.15) is 195 Å². The number of ether oxygens (including phenoxy) is 4. The number of unbranched alkanes of at least 4 members (excludes halogenated alkanes) is 18. The van der Waals surface area contributed by atoms with E-state index < -0.39 is 29.7 Å². The fourth-order valence-electron chi connectivity index (χ4n) is 8.70. The van der Waals surface area contributed by atoms with Crippen molar-refractivity contribution in [1.82, 2.24) is 0 Å². The Morgan fingerprint density at radius 3 is 0.973 bits per heavy atom. The maximum atomic E-state index is 14.9. The Morgan fingerprint density at radius 2 is 0.616 bits per heavy atom. The first kappa shape index (κ1) is 55.4. The molecule has 6 aromatic rings. The summed E-state index contributed by atoms with van der Waals surface area (Å²) in [6, 6.07) is 37.8. The van der Waals surface area contributed by atoms with Gasteiger partial charge in [-0.15, -0.1) is 0 Å². The summed E-state index contributed by atoms with van der Waals surface area (Å²) < 4.78 is 37.1. The second-order valence-electron chi connectivity index (χ2n) is 19.0. The van der Waals surface area contributed by atoms with Crippen LogP contribution in [0.5, 0.6) is 23.0 Å². The second kappa shape index (κ2) is 30.9. The molecule has 0 aromatic heterocycles. The van der Waals surface area contributed by atoms with Gasteiger partial charge in [0.1, 0.15) is 17.2 Å². The summed E-state index contributed by atoms with van der Waals surface area (Å²) in [5.74, 6) is -2.57. The fourth-order valence-corrected chi connectivity index (χ4v) is 8.70. The highest BCUT2D eigenvalue weighted by Crippen LogP contribution is 2.30. The number of carbonyl (C=O) groups excluding carboxylic acids is 4. The Labute approximate surface area is 432 Å². The van der Waals surface area contributed by atoms with Crippen molar-refractivity contribution in [3.05, 3.63) is 179 Å². The molecule has 0 heterocycles. The van der Waals surface area contributed by atoms with E-state index in [9.17, 15) is 23.6 Å². The van der Waals surface area contributed by atoms with Crippen LogP contribution in [0.4, 0.5) is 4.39 Å². The van der Waals surface area contributed by atoms with Crippen molar-refractivity contribution >= 4 is 23.9 Å². The zero-order valence-electron chi connectivity index (χ0n) is 43.0. The fraction of sp³-hybridized carbons (Fsp3) is 0.375. The Morgan fingerprint density at radius 1 is 0.329 bits per heavy atom. The van der Waals surface area contributed by atoms with Crippen LogP contribution in [0.15, 0.2) is 140 Å². The van der Waals surface area contributed by atoms with E-state index in [1.807, 2.05) is 24.3 Å². The number of hydrogen-bond donors (Lipinski definition) is 0. The highest BCUT2D eigenvalue weighted by atomic mass is 19.1. The van der Waals surface area contributed by atoms with Crippen LogP contribution in [0.3, 0.4) is 0 Å². The minimum atomic E-state index is -0.792. The number of esters is 4. The zero-order chi connectivity index (χ0) is 51.5. The summed E-state index contributed by atoms with van der Waals surface area (Å²) in [4.78, 5) is 51.8. The molecule has 6 rings (SSSR count). The molecule has 8 nitrogen and oxygen atoms in total. The van der Waals surface area contributed by atoms with E-state index in [-0.39, 0.29) is 28.4 Å². The summed E-state index contributed by atoms with van der Waals surface area (Å²) in [6.07, 6.45) is 27.8. The van der Waals surface area contributed by atoms with E-state index >= 15 is 0 Å². The van der Waals surface area contributed by atoms with Gasteiger partial charge in [0, 0.05) is 0 Å². The number of halogens is 1. The van der Waals surface area contributed by atoms with Crippen LogP contribution in [-0.2, 0) is 12.8 Å². The van der Waals surface area contributed by atoms with Crippen molar-refractivity contribution in [2.75, 3.05) is 0 Å². The molecule has 0 spiro atoms. The third-order valence-electron chi connectivity index (χ3n) is 13.2. The normalized spacial score (nSPS) is 11.0. The SMILES string of the molecule is CCCCCCCCCCCCc1ccc(C(=O)Oc2ccc(C(=O)Oc3ccc(-c4ccc(F)c(OC(=O)c5ccc(OC(=O)c6ccc(CCCCCCCCCCCC)cc6)cc5)c4)cc3)cc2)cc1.